The first-order valence-corrected chi connectivity index (χ1v) is 6.62. The number of ether oxygens (including phenoxy) is 1. The summed E-state index contributed by atoms with van der Waals surface area (Å²) in [7, 11) is 0. The maximum Gasteiger partial charge on any atom is 0.411 e. The van der Waals surface area contributed by atoms with Gasteiger partial charge in [0.15, 0.2) is 0 Å². The molecular weight excluding hydrogens is 261 g/mol. The molecule has 0 radical (unpaired) electrons. The molecule has 1 aliphatic heterocycles. The fourth-order valence-electron chi connectivity index (χ4n) is 1.95. The molecule has 0 saturated carbocycles. The van der Waals surface area contributed by atoms with Crippen LogP contribution in [0.1, 0.15) is 25.7 Å². The lowest BCUT2D eigenvalue weighted by atomic mass is 10.1. The fourth-order valence-corrected chi connectivity index (χ4v) is 1.95. The standard InChI is InChI=1S/C12H21F3N2O2/c13-12(14,15)10-19-9-6-16-5-4-11(18)17-7-2-1-3-8-17/h16H,1-10H2. The normalized spacial score (nSPS) is 16.7. The van der Waals surface area contributed by atoms with Crippen molar-refractivity contribution < 1.29 is 22.7 Å². The molecule has 0 bridgehead atoms. The number of carbonyl (C=O) groups is 1. The average molecular weight is 282 g/mol. The van der Waals surface area contributed by atoms with Crippen LogP contribution in [0.5, 0.6) is 0 Å². The zero-order valence-corrected chi connectivity index (χ0v) is 11.0. The van der Waals surface area contributed by atoms with Gasteiger partial charge in [-0.05, 0) is 19.3 Å². The molecule has 0 aromatic rings. The average Bonchev–Trinajstić information content (AvgIpc) is 2.37. The Morgan fingerprint density at radius 1 is 1.16 bits per heavy atom. The summed E-state index contributed by atoms with van der Waals surface area (Å²) in [6, 6.07) is 0. The van der Waals surface area contributed by atoms with E-state index < -0.39 is 12.8 Å². The van der Waals surface area contributed by atoms with Crippen molar-refractivity contribution in [3.8, 4) is 0 Å². The Balaban J connectivity index is 1.94. The van der Waals surface area contributed by atoms with Crippen LogP contribution in [0.3, 0.4) is 0 Å². The summed E-state index contributed by atoms with van der Waals surface area (Å²) in [6.07, 6.45) is -0.586. The highest BCUT2D eigenvalue weighted by Crippen LogP contribution is 2.14. The molecule has 1 rings (SSSR count). The van der Waals surface area contributed by atoms with E-state index in [1.807, 2.05) is 4.90 Å². The topological polar surface area (TPSA) is 41.6 Å². The zero-order chi connectivity index (χ0) is 14.1. The van der Waals surface area contributed by atoms with Gasteiger partial charge in [0.2, 0.25) is 5.91 Å². The van der Waals surface area contributed by atoms with E-state index in [4.69, 9.17) is 0 Å². The number of hydrogen-bond acceptors (Lipinski definition) is 3. The van der Waals surface area contributed by atoms with Crippen molar-refractivity contribution >= 4 is 5.91 Å². The maximum absolute atomic E-state index is 11.7. The van der Waals surface area contributed by atoms with Crippen LogP contribution in [0.15, 0.2) is 0 Å². The van der Waals surface area contributed by atoms with Crippen LogP contribution in [0.2, 0.25) is 0 Å². The van der Waals surface area contributed by atoms with E-state index in [2.05, 4.69) is 10.1 Å². The van der Waals surface area contributed by atoms with E-state index in [1.54, 1.807) is 0 Å². The molecule has 1 N–H and O–H groups in total. The Bertz CT molecular complexity index is 266. The van der Waals surface area contributed by atoms with Gasteiger partial charge in [-0.1, -0.05) is 0 Å². The highest BCUT2D eigenvalue weighted by atomic mass is 19.4. The third-order valence-corrected chi connectivity index (χ3v) is 2.91. The lowest BCUT2D eigenvalue weighted by Crippen LogP contribution is -2.37. The molecule has 0 aromatic carbocycles. The van der Waals surface area contributed by atoms with Crippen LogP contribution < -0.4 is 5.32 Å². The fraction of sp³-hybridized carbons (Fsp3) is 0.917. The van der Waals surface area contributed by atoms with Crippen LogP contribution in [0, 0.1) is 0 Å². The number of nitrogens with zero attached hydrogens (tertiary/aromatic N) is 1. The SMILES string of the molecule is O=C(CCNCCOCC(F)(F)F)N1CCCCC1. The quantitative estimate of drug-likeness (QED) is 0.721. The van der Waals surface area contributed by atoms with Crippen LogP contribution in [-0.2, 0) is 9.53 Å². The van der Waals surface area contributed by atoms with E-state index in [0.717, 1.165) is 25.9 Å². The predicted octanol–water partition coefficient (Wildman–Crippen LogP) is 1.56. The van der Waals surface area contributed by atoms with E-state index in [-0.39, 0.29) is 12.5 Å². The van der Waals surface area contributed by atoms with Gasteiger partial charge in [0.1, 0.15) is 6.61 Å². The van der Waals surface area contributed by atoms with Gasteiger partial charge in [-0.15, -0.1) is 0 Å². The van der Waals surface area contributed by atoms with Gasteiger partial charge < -0.3 is 15.0 Å². The molecule has 19 heavy (non-hydrogen) atoms. The summed E-state index contributed by atoms with van der Waals surface area (Å²) in [4.78, 5) is 13.6. The maximum atomic E-state index is 11.7. The molecule has 1 aliphatic rings. The minimum atomic E-state index is -4.27. The Kier molecular flexibility index (Phi) is 7.15. The molecule has 0 spiro atoms. The van der Waals surface area contributed by atoms with Crippen LogP contribution in [0.4, 0.5) is 13.2 Å². The smallest absolute Gasteiger partial charge is 0.371 e. The molecule has 112 valence electrons. The van der Waals surface area contributed by atoms with Gasteiger partial charge in [0.05, 0.1) is 6.61 Å². The first-order chi connectivity index (χ1) is 8.99. The van der Waals surface area contributed by atoms with Gasteiger partial charge in [0, 0.05) is 32.6 Å². The van der Waals surface area contributed by atoms with Gasteiger partial charge in [-0.2, -0.15) is 13.2 Å². The number of piperidine rings is 1. The molecule has 0 aromatic heterocycles. The number of halogens is 3. The third-order valence-electron chi connectivity index (χ3n) is 2.91. The molecule has 1 amide bonds. The van der Waals surface area contributed by atoms with Crippen molar-refractivity contribution in [2.45, 2.75) is 31.9 Å². The molecule has 7 heteroatoms. The van der Waals surface area contributed by atoms with Gasteiger partial charge in [0.25, 0.3) is 0 Å². The summed E-state index contributed by atoms with van der Waals surface area (Å²) in [6.45, 7) is 1.23. The van der Waals surface area contributed by atoms with Gasteiger partial charge >= 0.3 is 6.18 Å². The lowest BCUT2D eigenvalue weighted by Gasteiger charge is -2.26. The van der Waals surface area contributed by atoms with E-state index in [9.17, 15) is 18.0 Å². The van der Waals surface area contributed by atoms with E-state index >= 15 is 0 Å². The van der Waals surface area contributed by atoms with Crippen LogP contribution in [0.25, 0.3) is 0 Å². The Hall–Kier alpha value is -0.820. The molecular formula is C12H21F3N2O2. The van der Waals surface area contributed by atoms with Crippen molar-refractivity contribution in [3.63, 3.8) is 0 Å². The number of amides is 1. The molecule has 1 heterocycles. The number of nitrogens with one attached hydrogen (secondary N) is 1. The molecule has 0 aliphatic carbocycles. The van der Waals surface area contributed by atoms with E-state index in [0.29, 0.717) is 19.5 Å². The molecule has 4 nitrogen and oxygen atoms in total. The highest BCUT2D eigenvalue weighted by Gasteiger charge is 2.27. The monoisotopic (exact) mass is 282 g/mol. The van der Waals surface area contributed by atoms with Crippen molar-refractivity contribution in [1.29, 1.82) is 0 Å². The molecule has 1 saturated heterocycles. The van der Waals surface area contributed by atoms with Crippen molar-refractivity contribution in [3.05, 3.63) is 0 Å². The van der Waals surface area contributed by atoms with Crippen molar-refractivity contribution in [2.75, 3.05) is 39.4 Å². The Labute approximate surface area is 111 Å². The highest BCUT2D eigenvalue weighted by molar-refractivity contribution is 5.76. The van der Waals surface area contributed by atoms with Gasteiger partial charge in [-0.3, -0.25) is 4.79 Å². The summed E-state index contributed by atoms with van der Waals surface area (Å²) in [5.41, 5.74) is 0. The summed E-state index contributed by atoms with van der Waals surface area (Å²) < 4.78 is 39.7. The number of carbonyl (C=O) groups excluding carboxylic acids is 1. The van der Waals surface area contributed by atoms with Crippen molar-refractivity contribution in [2.24, 2.45) is 0 Å². The minimum Gasteiger partial charge on any atom is -0.371 e. The number of alkyl halides is 3. The largest absolute Gasteiger partial charge is 0.411 e. The second-order valence-electron chi connectivity index (χ2n) is 4.61. The Morgan fingerprint density at radius 2 is 1.84 bits per heavy atom. The van der Waals surface area contributed by atoms with Crippen LogP contribution in [-0.4, -0.2) is 56.4 Å². The second-order valence-corrected chi connectivity index (χ2v) is 4.61. The zero-order valence-electron chi connectivity index (χ0n) is 11.0. The summed E-state index contributed by atoms with van der Waals surface area (Å²) in [5.74, 6) is 0.114. The summed E-state index contributed by atoms with van der Waals surface area (Å²) in [5, 5.41) is 2.90. The first kappa shape index (κ1) is 16.2. The van der Waals surface area contributed by atoms with Crippen molar-refractivity contribution in [1.82, 2.24) is 10.2 Å². The number of hydrogen-bond donors (Lipinski definition) is 1. The predicted molar refractivity (Wildman–Crippen MR) is 64.8 cm³/mol. The van der Waals surface area contributed by atoms with E-state index in [1.165, 1.54) is 6.42 Å². The lowest BCUT2D eigenvalue weighted by molar-refractivity contribution is -0.173. The molecule has 1 fully saturated rings. The molecule has 0 atom stereocenters. The second kappa shape index (κ2) is 8.37. The number of rotatable bonds is 7. The molecule has 0 unspecified atom stereocenters. The first-order valence-electron chi connectivity index (χ1n) is 6.62. The minimum absolute atomic E-state index is 0.00256. The van der Waals surface area contributed by atoms with Crippen LogP contribution >= 0.6 is 0 Å². The Morgan fingerprint density at radius 3 is 2.47 bits per heavy atom. The van der Waals surface area contributed by atoms with Gasteiger partial charge in [-0.25, -0.2) is 0 Å². The third kappa shape index (κ3) is 8.05. The number of likely N-dealkylation sites (tertiary alicyclic amines) is 1. The summed E-state index contributed by atoms with van der Waals surface area (Å²) >= 11 is 0.